The monoisotopic (exact) mass is 298 g/mol. The first-order valence-electron chi connectivity index (χ1n) is 6.66. The van der Waals surface area contributed by atoms with Crippen molar-refractivity contribution in [3.8, 4) is 0 Å². The van der Waals surface area contributed by atoms with Gasteiger partial charge in [-0.05, 0) is 29.8 Å². The number of benzene rings is 2. The predicted octanol–water partition coefficient (Wildman–Crippen LogP) is 2.91. The Morgan fingerprint density at radius 2 is 1.48 bits per heavy atom. The van der Waals surface area contributed by atoms with Crippen LogP contribution < -0.4 is 0 Å². The number of rotatable bonds is 2. The van der Waals surface area contributed by atoms with Crippen molar-refractivity contribution in [3.63, 3.8) is 0 Å². The summed E-state index contributed by atoms with van der Waals surface area (Å²) in [4.78, 5) is 24.7. The highest BCUT2D eigenvalue weighted by Crippen LogP contribution is 2.40. The summed E-state index contributed by atoms with van der Waals surface area (Å²) >= 11 is 5.88. The molecule has 1 fully saturated rings. The highest BCUT2D eigenvalue weighted by atomic mass is 35.5. The zero-order valence-electron chi connectivity index (χ0n) is 11.0. The van der Waals surface area contributed by atoms with Crippen molar-refractivity contribution >= 4 is 23.4 Å². The largest absolute Gasteiger partial charge is 0.276 e. The molecule has 21 heavy (non-hydrogen) atoms. The third kappa shape index (κ3) is 1.87. The summed E-state index contributed by atoms with van der Waals surface area (Å²) < 4.78 is 0. The van der Waals surface area contributed by atoms with Gasteiger partial charge in [-0.25, -0.2) is 5.01 Å². The minimum absolute atomic E-state index is 0.0597. The Morgan fingerprint density at radius 1 is 0.905 bits per heavy atom. The van der Waals surface area contributed by atoms with Gasteiger partial charge in [0, 0.05) is 11.6 Å². The first-order chi connectivity index (χ1) is 10.2. The highest BCUT2D eigenvalue weighted by Gasteiger charge is 2.49. The van der Waals surface area contributed by atoms with Crippen LogP contribution in [0.2, 0.25) is 5.02 Å². The van der Waals surface area contributed by atoms with Crippen LogP contribution in [0.3, 0.4) is 0 Å². The second-order valence-corrected chi connectivity index (χ2v) is 5.59. The Morgan fingerprint density at radius 3 is 2.05 bits per heavy atom. The average molecular weight is 299 g/mol. The maximum absolute atomic E-state index is 12.4. The Kier molecular flexibility index (Phi) is 2.64. The molecule has 5 heteroatoms. The summed E-state index contributed by atoms with van der Waals surface area (Å²) in [5.41, 5.74) is 2.00. The third-order valence-corrected chi connectivity index (χ3v) is 4.12. The lowest BCUT2D eigenvalue weighted by atomic mass is 10.1. The number of halogens is 1. The number of hydrazine groups is 1. The van der Waals surface area contributed by atoms with Crippen LogP contribution in [0.4, 0.5) is 0 Å². The van der Waals surface area contributed by atoms with Gasteiger partial charge in [0.15, 0.2) is 0 Å². The Bertz CT molecular complexity index is 722. The molecule has 0 bridgehead atoms. The van der Waals surface area contributed by atoms with Gasteiger partial charge < -0.3 is 0 Å². The van der Waals surface area contributed by atoms with Crippen LogP contribution in [-0.2, 0) is 0 Å². The molecular formula is C16H11ClN2O2. The first-order valence-corrected chi connectivity index (χ1v) is 7.04. The number of carbonyl (C=O) groups is 2. The lowest BCUT2D eigenvalue weighted by molar-refractivity contribution is 0.0370. The zero-order chi connectivity index (χ0) is 14.6. The van der Waals surface area contributed by atoms with Gasteiger partial charge in [0.2, 0.25) is 0 Å². The van der Waals surface area contributed by atoms with Gasteiger partial charge >= 0.3 is 0 Å². The maximum Gasteiger partial charge on any atom is 0.276 e. The molecular weight excluding hydrogens is 288 g/mol. The normalized spacial score (nSPS) is 23.4. The number of nitrogens with zero attached hydrogens (tertiary/aromatic N) is 2. The minimum Gasteiger partial charge on any atom is -0.267 e. The molecule has 0 saturated carbocycles. The van der Waals surface area contributed by atoms with Gasteiger partial charge in [-0.1, -0.05) is 35.9 Å². The van der Waals surface area contributed by atoms with E-state index in [-0.39, 0.29) is 17.9 Å². The topological polar surface area (TPSA) is 40.4 Å². The predicted molar refractivity (Wildman–Crippen MR) is 77.8 cm³/mol. The van der Waals surface area contributed by atoms with Gasteiger partial charge in [0.1, 0.15) is 0 Å². The summed E-state index contributed by atoms with van der Waals surface area (Å²) in [6.45, 7) is 0.660. The minimum atomic E-state index is -0.243. The van der Waals surface area contributed by atoms with Crippen molar-refractivity contribution in [1.29, 1.82) is 0 Å². The van der Waals surface area contributed by atoms with Crippen molar-refractivity contribution in [2.75, 3.05) is 6.54 Å². The van der Waals surface area contributed by atoms with E-state index in [1.54, 1.807) is 29.3 Å². The molecule has 0 aliphatic carbocycles. The van der Waals surface area contributed by atoms with Crippen LogP contribution >= 0.6 is 11.6 Å². The molecule has 104 valence electrons. The van der Waals surface area contributed by atoms with E-state index >= 15 is 0 Å². The summed E-state index contributed by atoms with van der Waals surface area (Å²) in [6, 6.07) is 14.5. The average Bonchev–Trinajstić information content (AvgIpc) is 3.23. The molecule has 2 aliphatic rings. The number of carbonyl (C=O) groups excluding carboxylic acids is 2. The Hall–Kier alpha value is -2.17. The van der Waals surface area contributed by atoms with E-state index < -0.39 is 0 Å². The lowest BCUT2D eigenvalue weighted by Crippen LogP contribution is -2.35. The standard InChI is InChI=1S/C16H11ClN2O2/c17-11-7-5-10(6-8-11)14-9-18(14)19-15(20)12-3-1-2-4-13(12)16(19)21/h1-8,14H,9H2/t14-,18?/m1/s1. The lowest BCUT2D eigenvalue weighted by Gasteiger charge is -2.15. The van der Waals surface area contributed by atoms with Crippen LogP contribution in [0.25, 0.3) is 0 Å². The molecule has 2 aromatic rings. The Balaban J connectivity index is 1.61. The molecule has 0 aromatic heterocycles. The molecule has 2 heterocycles. The SMILES string of the molecule is O=C1c2ccccc2C(=O)N1N1C[C@@H]1c1ccc(Cl)cc1. The third-order valence-electron chi connectivity index (χ3n) is 3.87. The van der Waals surface area contributed by atoms with Crippen LogP contribution in [0.5, 0.6) is 0 Å². The smallest absolute Gasteiger partial charge is 0.267 e. The fourth-order valence-corrected chi connectivity index (χ4v) is 2.85. The van der Waals surface area contributed by atoms with E-state index in [1.165, 1.54) is 5.01 Å². The molecule has 4 rings (SSSR count). The number of amides is 2. The van der Waals surface area contributed by atoms with Crippen LogP contribution in [0, 0.1) is 0 Å². The summed E-state index contributed by atoms with van der Waals surface area (Å²) in [5.74, 6) is -0.487. The van der Waals surface area contributed by atoms with Crippen molar-refractivity contribution in [3.05, 3.63) is 70.2 Å². The first kappa shape index (κ1) is 12.6. The highest BCUT2D eigenvalue weighted by molar-refractivity contribution is 6.30. The van der Waals surface area contributed by atoms with Gasteiger partial charge in [0.25, 0.3) is 11.8 Å². The Labute approximate surface area is 126 Å². The molecule has 4 nitrogen and oxygen atoms in total. The molecule has 2 amide bonds. The number of hydrogen-bond donors (Lipinski definition) is 0. The fourth-order valence-electron chi connectivity index (χ4n) is 2.72. The quantitative estimate of drug-likeness (QED) is 0.632. The van der Waals surface area contributed by atoms with E-state index in [0.29, 0.717) is 22.7 Å². The van der Waals surface area contributed by atoms with Crippen LogP contribution in [0.1, 0.15) is 32.3 Å². The summed E-state index contributed by atoms with van der Waals surface area (Å²) in [7, 11) is 0. The van der Waals surface area contributed by atoms with Crippen LogP contribution in [-0.4, -0.2) is 28.4 Å². The van der Waals surface area contributed by atoms with Crippen molar-refractivity contribution < 1.29 is 9.59 Å². The fraction of sp³-hybridized carbons (Fsp3) is 0.125. The van der Waals surface area contributed by atoms with E-state index in [1.807, 2.05) is 24.3 Å². The number of imide groups is 1. The molecule has 1 unspecified atom stereocenters. The van der Waals surface area contributed by atoms with Gasteiger partial charge in [0.05, 0.1) is 17.2 Å². The summed E-state index contributed by atoms with van der Waals surface area (Å²) in [6.07, 6.45) is 0. The van der Waals surface area contributed by atoms with Gasteiger partial charge in [-0.15, -0.1) is 0 Å². The van der Waals surface area contributed by atoms with E-state index in [9.17, 15) is 9.59 Å². The second kappa shape index (κ2) is 4.41. The second-order valence-electron chi connectivity index (χ2n) is 5.16. The van der Waals surface area contributed by atoms with Gasteiger partial charge in [-0.3, -0.25) is 9.59 Å². The molecule has 1 saturated heterocycles. The van der Waals surface area contributed by atoms with E-state index in [4.69, 9.17) is 11.6 Å². The van der Waals surface area contributed by atoms with Crippen molar-refractivity contribution in [2.24, 2.45) is 0 Å². The number of fused-ring (bicyclic) bond motifs is 1. The van der Waals surface area contributed by atoms with Crippen LogP contribution in [0.15, 0.2) is 48.5 Å². The van der Waals surface area contributed by atoms with Crippen molar-refractivity contribution in [2.45, 2.75) is 6.04 Å². The number of hydrogen-bond acceptors (Lipinski definition) is 3. The maximum atomic E-state index is 12.4. The van der Waals surface area contributed by atoms with Gasteiger partial charge in [-0.2, -0.15) is 5.01 Å². The summed E-state index contributed by atoms with van der Waals surface area (Å²) in [5, 5.41) is 3.71. The molecule has 0 spiro atoms. The molecule has 0 N–H and O–H groups in total. The zero-order valence-corrected chi connectivity index (χ0v) is 11.7. The molecule has 2 aromatic carbocycles. The van der Waals surface area contributed by atoms with E-state index in [0.717, 1.165) is 5.56 Å². The molecule has 0 radical (unpaired) electrons. The molecule has 2 atom stereocenters. The molecule has 2 aliphatic heterocycles. The van der Waals surface area contributed by atoms with E-state index in [2.05, 4.69) is 0 Å². The van der Waals surface area contributed by atoms with Crippen molar-refractivity contribution in [1.82, 2.24) is 10.0 Å².